The second kappa shape index (κ2) is 11.1. The van der Waals surface area contributed by atoms with E-state index in [2.05, 4.69) is 132 Å². The number of nitrogens with one attached hydrogen (secondary N) is 1. The van der Waals surface area contributed by atoms with Gasteiger partial charge in [0.25, 0.3) is 0 Å². The molecule has 5 aliphatic rings. The molecule has 0 saturated heterocycles. The van der Waals surface area contributed by atoms with Gasteiger partial charge in [-0.2, -0.15) is 5.26 Å². The van der Waals surface area contributed by atoms with Crippen LogP contribution in [0.4, 0.5) is 5.69 Å². The summed E-state index contributed by atoms with van der Waals surface area (Å²) in [6, 6.07) is 23.3. The van der Waals surface area contributed by atoms with Gasteiger partial charge in [-0.1, -0.05) is 108 Å². The van der Waals surface area contributed by atoms with E-state index in [-0.39, 0.29) is 0 Å². The molecule has 0 aromatic heterocycles. The summed E-state index contributed by atoms with van der Waals surface area (Å²) in [5.74, 6) is 1.44. The van der Waals surface area contributed by atoms with Gasteiger partial charge in [0.2, 0.25) is 0 Å². The van der Waals surface area contributed by atoms with Gasteiger partial charge in [0.15, 0.2) is 0 Å². The number of nitrogens with zero attached hydrogens (tertiary/aromatic N) is 2. The number of rotatable bonds is 4. The molecular weight excluding hydrogens is 515 g/mol. The molecule has 7 rings (SSSR count). The van der Waals surface area contributed by atoms with Crippen LogP contribution in [0.1, 0.15) is 37.7 Å². The van der Waals surface area contributed by atoms with Gasteiger partial charge in [-0.15, -0.1) is 0 Å². The van der Waals surface area contributed by atoms with E-state index in [1.54, 1.807) is 10.4 Å². The number of anilines is 1. The maximum atomic E-state index is 9.13. The SMILES string of the molecule is CC1CC=CC2=C1[SiH](c1ccccc1)C1C=CC=CC1N2c1cccc(C2C=CC(C3=CC=C(C#N)NC3)CC2)c1. The summed E-state index contributed by atoms with van der Waals surface area (Å²) >= 11 is 0. The van der Waals surface area contributed by atoms with Crippen LogP contribution in [0, 0.1) is 23.2 Å². The molecule has 6 atom stereocenters. The molecule has 0 bridgehead atoms. The lowest BCUT2D eigenvalue weighted by Crippen LogP contribution is -2.54. The van der Waals surface area contributed by atoms with Crippen molar-refractivity contribution in [3.8, 4) is 6.07 Å². The molecule has 1 N–H and O–H groups in total. The first-order valence-electron chi connectivity index (χ1n) is 15.1. The summed E-state index contributed by atoms with van der Waals surface area (Å²) < 4.78 is 0. The van der Waals surface area contributed by atoms with Crippen molar-refractivity contribution in [1.82, 2.24) is 5.32 Å². The van der Waals surface area contributed by atoms with Crippen LogP contribution in [-0.4, -0.2) is 21.4 Å². The van der Waals surface area contributed by atoms with Crippen LogP contribution >= 0.6 is 0 Å². The highest BCUT2D eigenvalue weighted by Crippen LogP contribution is 2.46. The maximum absolute atomic E-state index is 9.13. The Morgan fingerprint density at radius 2 is 1.76 bits per heavy atom. The second-order valence-electron chi connectivity index (χ2n) is 12.0. The molecule has 2 aromatic carbocycles. The summed E-state index contributed by atoms with van der Waals surface area (Å²) in [6.07, 6.45) is 26.6. The Balaban J connectivity index is 1.23. The number of benzene rings is 2. The zero-order valence-corrected chi connectivity index (χ0v) is 24.8. The van der Waals surface area contributed by atoms with Gasteiger partial charge in [0.05, 0.1) is 6.04 Å². The Bertz CT molecular complexity index is 1580. The fourth-order valence-corrected chi connectivity index (χ4v) is 11.8. The van der Waals surface area contributed by atoms with Crippen molar-refractivity contribution in [2.45, 2.75) is 43.7 Å². The maximum Gasteiger partial charge on any atom is 0.117 e. The monoisotopic (exact) mass is 551 g/mol. The second-order valence-corrected chi connectivity index (χ2v) is 15.0. The van der Waals surface area contributed by atoms with Gasteiger partial charge in [0.1, 0.15) is 20.6 Å². The average Bonchev–Trinajstić information content (AvgIpc) is 3.04. The molecule has 2 heterocycles. The van der Waals surface area contributed by atoms with Crippen LogP contribution in [0.2, 0.25) is 5.54 Å². The zero-order valence-electron chi connectivity index (χ0n) is 23.7. The van der Waals surface area contributed by atoms with E-state index in [9.17, 15) is 0 Å². The Morgan fingerprint density at radius 3 is 2.54 bits per heavy atom. The molecule has 3 aliphatic carbocycles. The number of fused-ring (bicyclic) bond motifs is 1. The van der Waals surface area contributed by atoms with Crippen molar-refractivity contribution >= 4 is 19.7 Å². The highest BCUT2D eigenvalue weighted by molar-refractivity contribution is 6.82. The first-order chi connectivity index (χ1) is 20.2. The fourth-order valence-electron chi connectivity index (χ4n) is 7.61. The van der Waals surface area contributed by atoms with Gasteiger partial charge in [-0.3, -0.25) is 0 Å². The summed E-state index contributed by atoms with van der Waals surface area (Å²) in [6.45, 7) is 3.21. The quantitative estimate of drug-likeness (QED) is 0.333. The molecular formula is C37H37N3Si. The lowest BCUT2D eigenvalue weighted by Gasteiger charge is -2.49. The van der Waals surface area contributed by atoms with E-state index in [4.69, 9.17) is 5.26 Å². The smallest absolute Gasteiger partial charge is 0.117 e. The predicted octanol–water partition coefficient (Wildman–Crippen LogP) is 6.88. The van der Waals surface area contributed by atoms with E-state index < -0.39 is 8.80 Å². The van der Waals surface area contributed by atoms with E-state index in [1.807, 2.05) is 6.08 Å². The standard InChI is InChI=1S/C37H37N3Si/c1-26-9-7-15-35-37(26)41(33-12-3-2-4-13-33)36-16-6-5-14-34(36)40(35)32-11-8-10-29(23-32)27-17-19-28(20-18-27)30-21-22-31(24-38)39-25-30/h2-8,10-17,19,21-23,26-28,34,36,39,41H,9,18,20,25H2,1H3. The van der Waals surface area contributed by atoms with Crippen LogP contribution in [0.15, 0.2) is 138 Å². The predicted molar refractivity (Wildman–Crippen MR) is 172 cm³/mol. The summed E-state index contributed by atoms with van der Waals surface area (Å²) in [7, 11) is -1.45. The number of hydrogen-bond donors (Lipinski definition) is 1. The first kappa shape index (κ1) is 25.9. The molecule has 0 radical (unpaired) electrons. The van der Waals surface area contributed by atoms with Crippen molar-refractivity contribution in [2.24, 2.45) is 11.8 Å². The van der Waals surface area contributed by atoms with Crippen LogP contribution in [-0.2, 0) is 0 Å². The van der Waals surface area contributed by atoms with Crippen LogP contribution < -0.4 is 15.4 Å². The third-order valence-corrected chi connectivity index (χ3v) is 13.7. The minimum absolute atomic E-state index is 0.337. The van der Waals surface area contributed by atoms with E-state index in [0.717, 1.165) is 25.8 Å². The van der Waals surface area contributed by atoms with Crippen molar-refractivity contribution in [3.05, 3.63) is 143 Å². The molecule has 204 valence electrons. The molecule has 0 spiro atoms. The minimum atomic E-state index is -1.45. The summed E-state index contributed by atoms with van der Waals surface area (Å²) in [5, 5.41) is 15.7. The van der Waals surface area contributed by atoms with Gasteiger partial charge >= 0.3 is 0 Å². The summed E-state index contributed by atoms with van der Waals surface area (Å²) in [4.78, 5) is 2.66. The first-order valence-corrected chi connectivity index (χ1v) is 17.0. The molecule has 6 unspecified atom stereocenters. The number of allylic oxidation sites excluding steroid dienone is 10. The van der Waals surface area contributed by atoms with E-state index in [0.29, 0.717) is 35.0 Å². The molecule has 2 aromatic rings. The van der Waals surface area contributed by atoms with Crippen molar-refractivity contribution < 1.29 is 0 Å². The third kappa shape index (κ3) is 4.79. The normalized spacial score (nSPS) is 30.1. The van der Waals surface area contributed by atoms with Gasteiger partial charge in [0, 0.05) is 29.4 Å². The van der Waals surface area contributed by atoms with E-state index in [1.165, 1.54) is 22.5 Å². The Hall–Kier alpha value is -4.07. The van der Waals surface area contributed by atoms with Gasteiger partial charge in [-0.25, -0.2) is 0 Å². The van der Waals surface area contributed by atoms with Gasteiger partial charge in [-0.05, 0) is 66.5 Å². The minimum Gasteiger partial charge on any atom is -0.373 e. The molecule has 41 heavy (non-hydrogen) atoms. The largest absolute Gasteiger partial charge is 0.373 e. The number of hydrogen-bond acceptors (Lipinski definition) is 3. The highest BCUT2D eigenvalue weighted by atomic mass is 28.3. The third-order valence-electron chi connectivity index (χ3n) is 9.66. The Kier molecular flexibility index (Phi) is 6.98. The van der Waals surface area contributed by atoms with Crippen molar-refractivity contribution in [3.63, 3.8) is 0 Å². The molecule has 2 aliphatic heterocycles. The van der Waals surface area contributed by atoms with Crippen LogP contribution in [0.25, 0.3) is 0 Å². The summed E-state index contributed by atoms with van der Waals surface area (Å²) in [5.41, 5.74) is 6.73. The molecule has 3 nitrogen and oxygen atoms in total. The Labute approximate surface area is 245 Å². The highest BCUT2D eigenvalue weighted by Gasteiger charge is 2.44. The average molecular weight is 552 g/mol. The van der Waals surface area contributed by atoms with E-state index >= 15 is 0 Å². The molecule has 4 heteroatoms. The molecule has 0 amide bonds. The lowest BCUT2D eigenvalue weighted by atomic mass is 9.80. The number of dihydropyridines is 1. The topological polar surface area (TPSA) is 39.1 Å². The zero-order chi connectivity index (χ0) is 27.8. The van der Waals surface area contributed by atoms with Crippen molar-refractivity contribution in [1.29, 1.82) is 5.26 Å². The van der Waals surface area contributed by atoms with Crippen LogP contribution in [0.5, 0.6) is 0 Å². The lowest BCUT2D eigenvalue weighted by molar-refractivity contribution is 0.549. The van der Waals surface area contributed by atoms with Gasteiger partial charge < -0.3 is 10.2 Å². The van der Waals surface area contributed by atoms with Crippen molar-refractivity contribution in [2.75, 3.05) is 11.4 Å². The molecule has 0 fully saturated rings. The Morgan fingerprint density at radius 1 is 0.927 bits per heavy atom. The number of nitriles is 1. The van der Waals surface area contributed by atoms with Crippen LogP contribution in [0.3, 0.4) is 0 Å². The fraction of sp³-hybridized carbons (Fsp3) is 0.270. The molecule has 0 saturated carbocycles.